The lowest BCUT2D eigenvalue weighted by Crippen LogP contribution is -2.13. The molecule has 0 unspecified atom stereocenters. The molecule has 158 valence electrons. The van der Waals surface area contributed by atoms with Crippen molar-refractivity contribution >= 4 is 46.4 Å². The van der Waals surface area contributed by atoms with E-state index in [4.69, 9.17) is 14.6 Å². The Labute approximate surface area is 181 Å². The lowest BCUT2D eigenvalue weighted by atomic mass is 10.1. The van der Waals surface area contributed by atoms with E-state index in [1.807, 2.05) is 6.07 Å². The van der Waals surface area contributed by atoms with Gasteiger partial charge in [-0.15, -0.1) is 0 Å². The van der Waals surface area contributed by atoms with Crippen molar-refractivity contribution in [2.24, 2.45) is 5.92 Å². The number of methoxy groups -OCH3 is 1. The summed E-state index contributed by atoms with van der Waals surface area (Å²) >= 11 is 2.54. The molecule has 1 aromatic heterocycles. The average molecular weight is 449 g/mol. The lowest BCUT2D eigenvalue weighted by molar-refractivity contribution is -0.139. The second-order valence-corrected chi connectivity index (χ2v) is 8.04. The first kappa shape index (κ1) is 23.2. The Bertz CT molecular complexity index is 982. The molecule has 1 amide bonds. The van der Waals surface area contributed by atoms with Crippen LogP contribution in [0.15, 0.2) is 28.9 Å². The Balaban J connectivity index is 2.11. The minimum atomic E-state index is -1.12. The number of rotatable bonds is 10. The number of anilines is 1. The molecular formula is C19H20N4O5S2. The summed E-state index contributed by atoms with van der Waals surface area (Å²) in [4.78, 5) is 27.3. The van der Waals surface area contributed by atoms with Crippen molar-refractivity contribution in [3.8, 4) is 17.6 Å². The van der Waals surface area contributed by atoms with Gasteiger partial charge in [-0.1, -0.05) is 31.7 Å². The Morgan fingerprint density at radius 2 is 2.17 bits per heavy atom. The van der Waals surface area contributed by atoms with Gasteiger partial charge < -0.3 is 14.6 Å². The third-order valence-corrected chi connectivity index (χ3v) is 5.41. The van der Waals surface area contributed by atoms with Crippen molar-refractivity contribution in [2.45, 2.75) is 19.0 Å². The van der Waals surface area contributed by atoms with Crippen LogP contribution in [-0.2, 0) is 9.59 Å². The fraction of sp³-hybridized carbons (Fsp3) is 0.316. The Hall–Kier alpha value is -3.10. The summed E-state index contributed by atoms with van der Waals surface area (Å²) in [5.74, 6) is 0.134. The number of nitrogens with one attached hydrogen (secondary N) is 1. The van der Waals surface area contributed by atoms with Gasteiger partial charge in [0, 0.05) is 17.3 Å². The molecule has 2 rings (SSSR count). The lowest BCUT2D eigenvalue weighted by Gasteiger charge is -2.10. The highest BCUT2D eigenvalue weighted by molar-refractivity contribution is 7.99. The van der Waals surface area contributed by atoms with Crippen molar-refractivity contribution in [1.29, 1.82) is 5.26 Å². The van der Waals surface area contributed by atoms with Gasteiger partial charge in [0.2, 0.25) is 10.3 Å². The van der Waals surface area contributed by atoms with E-state index < -0.39 is 18.5 Å². The number of aromatic nitrogens is 2. The molecule has 0 bridgehead atoms. The first-order valence-electron chi connectivity index (χ1n) is 8.74. The van der Waals surface area contributed by atoms with Crippen LogP contribution in [0, 0.1) is 17.2 Å². The second-order valence-electron chi connectivity index (χ2n) is 6.30. The molecule has 0 aliphatic carbocycles. The number of carbonyl (C=O) groups is 2. The van der Waals surface area contributed by atoms with Crippen LogP contribution in [-0.4, -0.2) is 45.8 Å². The van der Waals surface area contributed by atoms with Gasteiger partial charge in [0.25, 0.3) is 5.91 Å². The van der Waals surface area contributed by atoms with Crippen LogP contribution in [0.5, 0.6) is 11.5 Å². The summed E-state index contributed by atoms with van der Waals surface area (Å²) in [6.07, 6.45) is 1.38. The van der Waals surface area contributed by atoms with Crippen molar-refractivity contribution in [2.75, 3.05) is 24.8 Å². The summed E-state index contributed by atoms with van der Waals surface area (Å²) in [6, 6.07) is 6.48. The molecule has 9 nitrogen and oxygen atoms in total. The molecule has 30 heavy (non-hydrogen) atoms. The Morgan fingerprint density at radius 1 is 1.40 bits per heavy atom. The maximum atomic E-state index is 12.4. The fourth-order valence-electron chi connectivity index (χ4n) is 2.07. The third kappa shape index (κ3) is 7.06. The summed E-state index contributed by atoms with van der Waals surface area (Å²) in [5.41, 5.74) is 0.370. The molecule has 1 heterocycles. The first-order valence-corrected chi connectivity index (χ1v) is 10.5. The molecule has 2 N–H and O–H groups in total. The number of nitrogens with zero attached hydrogens (tertiary/aromatic N) is 3. The number of carboxylic acids is 1. The number of aliphatic carboxylic acids is 1. The molecule has 0 aliphatic rings. The van der Waals surface area contributed by atoms with Crippen molar-refractivity contribution < 1.29 is 24.2 Å². The molecule has 0 spiro atoms. The van der Waals surface area contributed by atoms with Crippen LogP contribution in [0.1, 0.15) is 19.4 Å². The highest BCUT2D eigenvalue weighted by Gasteiger charge is 2.14. The fourth-order valence-corrected chi connectivity index (χ4v) is 3.56. The molecule has 0 saturated heterocycles. The highest BCUT2D eigenvalue weighted by atomic mass is 32.2. The van der Waals surface area contributed by atoms with Crippen molar-refractivity contribution in [3.05, 3.63) is 29.3 Å². The SMILES string of the molecule is COc1cc(C=C(C#N)C(=O)Nc2nc(SCC(C)C)ns2)ccc1OCC(=O)O. The minimum absolute atomic E-state index is 0.136. The maximum Gasteiger partial charge on any atom is 0.341 e. The molecular weight excluding hydrogens is 428 g/mol. The van der Waals surface area contributed by atoms with E-state index in [9.17, 15) is 14.9 Å². The largest absolute Gasteiger partial charge is 0.493 e. The summed E-state index contributed by atoms with van der Waals surface area (Å²) in [7, 11) is 1.40. The van der Waals surface area contributed by atoms with E-state index in [2.05, 4.69) is 28.5 Å². The number of ether oxygens (including phenoxy) is 2. The van der Waals surface area contributed by atoms with Gasteiger partial charge in [-0.2, -0.15) is 14.6 Å². The zero-order chi connectivity index (χ0) is 22.1. The number of amides is 1. The standard InChI is InChI=1S/C19H20N4O5S2/c1-11(2)10-29-19-22-18(30-23-19)21-17(26)13(8-20)6-12-4-5-14(15(7-12)27-3)28-9-16(24)25/h4-7,11H,9-10H2,1-3H3,(H,24,25)(H,21,22,23,26). The van der Waals surface area contributed by atoms with Crippen molar-refractivity contribution in [3.63, 3.8) is 0 Å². The number of thioether (sulfide) groups is 1. The van der Waals surface area contributed by atoms with Gasteiger partial charge in [-0.3, -0.25) is 10.1 Å². The maximum absolute atomic E-state index is 12.4. The number of carboxylic acid groups (broad SMARTS) is 1. The smallest absolute Gasteiger partial charge is 0.341 e. The summed E-state index contributed by atoms with van der Waals surface area (Å²) < 4.78 is 14.5. The molecule has 0 radical (unpaired) electrons. The van der Waals surface area contributed by atoms with Gasteiger partial charge in [0.15, 0.2) is 18.1 Å². The number of hydrogen-bond acceptors (Lipinski definition) is 9. The predicted molar refractivity (Wildman–Crippen MR) is 114 cm³/mol. The summed E-state index contributed by atoms with van der Waals surface area (Å²) in [5, 5.41) is 21.6. The van der Waals surface area contributed by atoms with E-state index in [1.165, 1.54) is 37.1 Å². The quantitative estimate of drug-likeness (QED) is 0.319. The van der Waals surface area contributed by atoms with E-state index in [1.54, 1.807) is 6.07 Å². The zero-order valence-corrected chi connectivity index (χ0v) is 18.2. The number of carbonyl (C=O) groups excluding carboxylic acids is 1. The van der Waals surface area contributed by atoms with Gasteiger partial charge >= 0.3 is 5.97 Å². The van der Waals surface area contributed by atoms with Crippen LogP contribution < -0.4 is 14.8 Å². The van der Waals surface area contributed by atoms with Crippen LogP contribution in [0.2, 0.25) is 0 Å². The van der Waals surface area contributed by atoms with Crippen LogP contribution in [0.3, 0.4) is 0 Å². The minimum Gasteiger partial charge on any atom is -0.493 e. The van der Waals surface area contributed by atoms with Crippen LogP contribution in [0.25, 0.3) is 6.08 Å². The second kappa shape index (κ2) is 11.2. The predicted octanol–water partition coefficient (Wildman–Crippen LogP) is 3.30. The van der Waals surface area contributed by atoms with E-state index in [-0.39, 0.29) is 17.1 Å². The summed E-state index contributed by atoms with van der Waals surface area (Å²) in [6.45, 7) is 3.66. The monoisotopic (exact) mass is 448 g/mol. The van der Waals surface area contributed by atoms with E-state index in [0.717, 1.165) is 17.3 Å². The molecule has 0 saturated carbocycles. The van der Waals surface area contributed by atoms with Crippen molar-refractivity contribution in [1.82, 2.24) is 9.36 Å². The van der Waals surface area contributed by atoms with Crippen LogP contribution >= 0.6 is 23.3 Å². The molecule has 0 fully saturated rings. The van der Waals surface area contributed by atoms with Crippen LogP contribution in [0.4, 0.5) is 5.13 Å². The van der Waals surface area contributed by atoms with Gasteiger partial charge in [-0.25, -0.2) is 4.79 Å². The van der Waals surface area contributed by atoms with Gasteiger partial charge in [0.05, 0.1) is 7.11 Å². The first-order chi connectivity index (χ1) is 14.3. The number of hydrogen-bond donors (Lipinski definition) is 2. The topological polar surface area (TPSA) is 134 Å². The third-order valence-electron chi connectivity index (χ3n) is 3.39. The zero-order valence-electron chi connectivity index (χ0n) is 16.5. The Morgan fingerprint density at radius 3 is 2.80 bits per heavy atom. The molecule has 1 aromatic carbocycles. The number of nitriles is 1. The van der Waals surface area contributed by atoms with E-state index in [0.29, 0.717) is 21.8 Å². The number of benzene rings is 1. The molecule has 2 aromatic rings. The Kier molecular flexibility index (Phi) is 8.64. The normalized spacial score (nSPS) is 11.1. The molecule has 0 aliphatic heterocycles. The molecule has 0 atom stereocenters. The van der Waals surface area contributed by atoms with E-state index >= 15 is 0 Å². The highest BCUT2D eigenvalue weighted by Crippen LogP contribution is 2.29. The average Bonchev–Trinajstić information content (AvgIpc) is 3.16. The van der Waals surface area contributed by atoms with Gasteiger partial charge in [0.1, 0.15) is 11.6 Å². The van der Waals surface area contributed by atoms with Gasteiger partial charge in [-0.05, 0) is 29.7 Å². The molecule has 11 heteroatoms.